The van der Waals surface area contributed by atoms with E-state index in [-0.39, 0.29) is 41.8 Å². The van der Waals surface area contributed by atoms with Gasteiger partial charge < -0.3 is 14.4 Å². The Hall–Kier alpha value is -3.47. The molecule has 10 rings (SSSR count). The fraction of sp³-hybridized carbons (Fsp3) is 0.442. The van der Waals surface area contributed by atoms with Crippen molar-refractivity contribution in [2.75, 3.05) is 0 Å². The molecule has 5 nitrogen and oxygen atoms in total. The molecule has 2 aromatic carbocycles. The number of hydrogen-bond acceptors (Lipinski definition) is 4. The Morgan fingerprint density at radius 1 is 0.735 bits per heavy atom. The molecule has 0 amide bonds. The van der Waals surface area contributed by atoms with Crippen LogP contribution in [0.2, 0.25) is 0 Å². The summed E-state index contributed by atoms with van der Waals surface area (Å²) in [5, 5.41) is 0.991. The molecule has 4 aliphatic rings. The van der Waals surface area contributed by atoms with Gasteiger partial charge in [0, 0.05) is 31.7 Å². The average molecular weight is 824 g/mol. The molecule has 253 valence electrons. The average Bonchev–Trinajstić information content (AvgIpc) is 3.78. The number of aromatic nitrogens is 5. The van der Waals surface area contributed by atoms with Crippen molar-refractivity contribution in [3.05, 3.63) is 101 Å². The molecule has 0 unspecified atom stereocenters. The third-order valence-corrected chi connectivity index (χ3v) is 12.4. The molecular formula is C43H45IrN5-2. The molecule has 0 spiro atoms. The second kappa shape index (κ2) is 10.8. The van der Waals surface area contributed by atoms with Gasteiger partial charge in [-0.05, 0) is 100.0 Å². The number of nitrogens with zero attached hydrogens (tertiary/aromatic N) is 5. The van der Waals surface area contributed by atoms with Gasteiger partial charge in [-0.15, -0.1) is 42.0 Å². The standard InChI is InChI=1S/C25H28N3.C18H17N2.Ir/c1-23(2,3)22-27-18-11-9-8-10-15(18)21-26-19-12-16-17(13-20(19)28(21)22)25(6,7)14-24(16,4)5;1-5-13-15-14(6-2-11-19-15)17-7-3-9-18(17,10-4-8-17)16(13)20-12-1;/h8-9,11-13H,14H2,1-7H3;1-2,6,11-12H,3-4,7-10H2;/q2*-1;. The van der Waals surface area contributed by atoms with Crippen LogP contribution in [0.5, 0.6) is 0 Å². The number of pyridine rings is 2. The number of rotatable bonds is 0. The molecule has 6 aromatic rings. The van der Waals surface area contributed by atoms with Crippen LogP contribution < -0.4 is 0 Å². The Bertz CT molecular complexity index is 2220. The number of benzene rings is 2. The molecule has 0 saturated heterocycles. The molecule has 6 heteroatoms. The van der Waals surface area contributed by atoms with Gasteiger partial charge in [0.1, 0.15) is 5.82 Å². The van der Waals surface area contributed by atoms with E-state index in [4.69, 9.17) is 19.9 Å². The quantitative estimate of drug-likeness (QED) is 0.143. The van der Waals surface area contributed by atoms with Crippen LogP contribution in [0.3, 0.4) is 0 Å². The summed E-state index contributed by atoms with van der Waals surface area (Å²) in [4.78, 5) is 19.7. The van der Waals surface area contributed by atoms with Gasteiger partial charge in [-0.1, -0.05) is 84.5 Å². The minimum Gasteiger partial charge on any atom is -0.356 e. The van der Waals surface area contributed by atoms with Gasteiger partial charge in [-0.3, -0.25) is 9.97 Å². The summed E-state index contributed by atoms with van der Waals surface area (Å²) >= 11 is 0. The molecule has 1 radical (unpaired) electrons. The van der Waals surface area contributed by atoms with Crippen LogP contribution in [-0.4, -0.2) is 24.3 Å². The van der Waals surface area contributed by atoms with Gasteiger partial charge in [0.15, 0.2) is 0 Å². The van der Waals surface area contributed by atoms with E-state index in [0.29, 0.717) is 5.41 Å². The van der Waals surface area contributed by atoms with Gasteiger partial charge in [0.2, 0.25) is 0 Å². The number of fused-ring (bicyclic) bond motifs is 9. The summed E-state index contributed by atoms with van der Waals surface area (Å²) in [5.41, 5.74) is 12.9. The number of imidazole rings is 1. The monoisotopic (exact) mass is 824 g/mol. The Kier molecular flexibility index (Phi) is 7.19. The summed E-state index contributed by atoms with van der Waals surface area (Å²) < 4.78 is 2.27. The van der Waals surface area contributed by atoms with Crippen molar-refractivity contribution in [2.24, 2.45) is 0 Å². The molecule has 2 fully saturated rings. The van der Waals surface area contributed by atoms with Crippen LogP contribution in [0.4, 0.5) is 0 Å². The molecule has 4 aliphatic carbocycles. The zero-order valence-corrected chi connectivity index (χ0v) is 32.2. The maximum atomic E-state index is 5.10. The Balaban J connectivity index is 0.000000146. The van der Waals surface area contributed by atoms with Gasteiger partial charge in [-0.2, -0.15) is 0 Å². The van der Waals surface area contributed by atoms with E-state index in [9.17, 15) is 0 Å². The first-order valence-corrected chi connectivity index (χ1v) is 17.9. The SMILES string of the molecule is CC(C)(C)c1nc2ccc[c-]c2c2nc3cc4c(cc3n12)C(C)(C)CC4(C)C.[Ir].[c-]1ccnc2c1-c1ncccc1C13CCCC21CCC3. The summed E-state index contributed by atoms with van der Waals surface area (Å²) in [5.74, 6) is 1.05. The third-order valence-electron chi connectivity index (χ3n) is 12.4. The van der Waals surface area contributed by atoms with E-state index in [1.165, 1.54) is 66.5 Å². The van der Waals surface area contributed by atoms with Crippen LogP contribution >= 0.6 is 0 Å². The van der Waals surface area contributed by atoms with Crippen LogP contribution in [0.25, 0.3) is 38.8 Å². The maximum Gasteiger partial charge on any atom is 0.102 e. The minimum absolute atomic E-state index is 0. The van der Waals surface area contributed by atoms with Crippen molar-refractivity contribution < 1.29 is 20.1 Å². The molecule has 0 atom stereocenters. The van der Waals surface area contributed by atoms with E-state index in [1.54, 1.807) is 0 Å². The van der Waals surface area contributed by atoms with Gasteiger partial charge in [-0.25, -0.2) is 0 Å². The van der Waals surface area contributed by atoms with E-state index in [1.807, 2.05) is 30.6 Å². The van der Waals surface area contributed by atoms with Gasteiger partial charge >= 0.3 is 0 Å². The third kappa shape index (κ3) is 4.45. The van der Waals surface area contributed by atoms with Crippen molar-refractivity contribution in [1.82, 2.24) is 24.3 Å². The molecule has 49 heavy (non-hydrogen) atoms. The number of hydrogen-bond donors (Lipinski definition) is 0. The predicted octanol–water partition coefficient (Wildman–Crippen LogP) is 9.89. The van der Waals surface area contributed by atoms with Crippen LogP contribution in [0, 0.1) is 12.1 Å². The zero-order chi connectivity index (χ0) is 33.3. The molecular weight excluding hydrogens is 779 g/mol. The minimum atomic E-state index is -0.0935. The first kappa shape index (κ1) is 32.7. The molecule has 0 aliphatic heterocycles. The Morgan fingerprint density at radius 2 is 1.45 bits per heavy atom. The zero-order valence-electron chi connectivity index (χ0n) is 29.8. The predicted molar refractivity (Wildman–Crippen MR) is 194 cm³/mol. The molecule has 4 aromatic heterocycles. The van der Waals surface area contributed by atoms with E-state index < -0.39 is 0 Å². The second-order valence-corrected chi connectivity index (χ2v) is 17.3. The topological polar surface area (TPSA) is 56.0 Å². The van der Waals surface area contributed by atoms with E-state index in [0.717, 1.165) is 45.5 Å². The first-order valence-electron chi connectivity index (χ1n) is 17.9. The smallest absolute Gasteiger partial charge is 0.102 e. The van der Waals surface area contributed by atoms with E-state index in [2.05, 4.69) is 95.3 Å². The summed E-state index contributed by atoms with van der Waals surface area (Å²) in [6.07, 6.45) is 12.8. The van der Waals surface area contributed by atoms with Gasteiger partial charge in [0.25, 0.3) is 0 Å². The first-order chi connectivity index (χ1) is 22.9. The summed E-state index contributed by atoms with van der Waals surface area (Å²) in [7, 11) is 0. The summed E-state index contributed by atoms with van der Waals surface area (Å²) in [6, 6.07) is 23.9. The molecule has 4 heterocycles. The van der Waals surface area contributed by atoms with E-state index >= 15 is 0 Å². The fourth-order valence-corrected chi connectivity index (χ4v) is 10.8. The maximum absolute atomic E-state index is 5.10. The largest absolute Gasteiger partial charge is 0.356 e. The van der Waals surface area contributed by atoms with Crippen molar-refractivity contribution in [3.8, 4) is 11.3 Å². The van der Waals surface area contributed by atoms with Gasteiger partial charge in [0.05, 0.1) is 16.7 Å². The van der Waals surface area contributed by atoms with Crippen LogP contribution in [-0.2, 0) is 47.2 Å². The van der Waals surface area contributed by atoms with Crippen LogP contribution in [0.15, 0.2) is 60.9 Å². The van der Waals surface area contributed by atoms with Crippen LogP contribution in [0.1, 0.15) is 122 Å². The Morgan fingerprint density at radius 3 is 2.18 bits per heavy atom. The van der Waals surface area contributed by atoms with Crippen molar-refractivity contribution in [2.45, 2.75) is 120 Å². The molecule has 2 saturated carbocycles. The van der Waals surface area contributed by atoms with Crippen molar-refractivity contribution in [1.29, 1.82) is 0 Å². The Labute approximate surface area is 303 Å². The summed E-state index contributed by atoms with van der Waals surface area (Å²) in [6.45, 7) is 16.1. The second-order valence-electron chi connectivity index (χ2n) is 17.3. The fourth-order valence-electron chi connectivity index (χ4n) is 10.8. The normalized spacial score (nSPS) is 24.0. The van der Waals surface area contributed by atoms with Crippen molar-refractivity contribution >= 4 is 27.6 Å². The van der Waals surface area contributed by atoms with Crippen molar-refractivity contribution in [3.63, 3.8) is 0 Å². The molecule has 0 bridgehead atoms. The molecule has 0 N–H and O–H groups in total.